The standard InChI is InChI=1S/C14H16N2OS/c1-8-6-11(4-5-12(8)15)13(17)7-14-16-9(2)10(3)18-14/h4-6H,7,15H2,1-3H3. The largest absolute Gasteiger partial charge is 0.399 e. The molecule has 0 saturated heterocycles. The Balaban J connectivity index is 2.19. The van der Waals surface area contributed by atoms with Crippen molar-refractivity contribution in [1.82, 2.24) is 4.98 Å². The molecular formula is C14H16N2OS. The predicted octanol–water partition coefficient (Wildman–Crippen LogP) is 3.08. The first-order valence-electron chi connectivity index (χ1n) is 5.79. The Labute approximate surface area is 111 Å². The molecule has 2 N–H and O–H groups in total. The van der Waals surface area contributed by atoms with Crippen LogP contribution < -0.4 is 5.73 Å². The molecule has 4 heteroatoms. The lowest BCUT2D eigenvalue weighted by Gasteiger charge is -2.03. The summed E-state index contributed by atoms with van der Waals surface area (Å²) in [5.74, 6) is 0.0897. The van der Waals surface area contributed by atoms with Crippen LogP contribution in [0.25, 0.3) is 0 Å². The van der Waals surface area contributed by atoms with Gasteiger partial charge in [0.15, 0.2) is 5.78 Å². The maximum atomic E-state index is 12.1. The van der Waals surface area contributed by atoms with Gasteiger partial charge in [-0.05, 0) is 44.5 Å². The highest BCUT2D eigenvalue weighted by molar-refractivity contribution is 7.11. The van der Waals surface area contributed by atoms with Crippen molar-refractivity contribution in [3.63, 3.8) is 0 Å². The lowest BCUT2D eigenvalue weighted by molar-refractivity contribution is 0.0993. The molecule has 0 saturated carbocycles. The molecule has 94 valence electrons. The van der Waals surface area contributed by atoms with Crippen molar-refractivity contribution in [3.05, 3.63) is 44.9 Å². The minimum atomic E-state index is 0.0897. The third-order valence-corrected chi connectivity index (χ3v) is 4.05. The number of aromatic nitrogens is 1. The lowest BCUT2D eigenvalue weighted by Crippen LogP contribution is -2.04. The lowest BCUT2D eigenvalue weighted by atomic mass is 10.0. The maximum Gasteiger partial charge on any atom is 0.169 e. The van der Waals surface area contributed by atoms with E-state index < -0.39 is 0 Å². The van der Waals surface area contributed by atoms with Gasteiger partial charge in [0.25, 0.3) is 0 Å². The minimum Gasteiger partial charge on any atom is -0.399 e. The number of Topliss-reactive ketones (excluding diaryl/α,β-unsaturated/α-hetero) is 1. The van der Waals surface area contributed by atoms with E-state index in [1.165, 1.54) is 4.88 Å². The van der Waals surface area contributed by atoms with E-state index in [0.29, 0.717) is 17.7 Å². The highest BCUT2D eigenvalue weighted by atomic mass is 32.1. The van der Waals surface area contributed by atoms with Crippen LogP contribution in [0.2, 0.25) is 0 Å². The molecule has 0 unspecified atom stereocenters. The molecule has 0 spiro atoms. The van der Waals surface area contributed by atoms with Gasteiger partial charge in [-0.25, -0.2) is 4.98 Å². The van der Waals surface area contributed by atoms with Crippen molar-refractivity contribution in [2.45, 2.75) is 27.2 Å². The van der Waals surface area contributed by atoms with Gasteiger partial charge in [0.05, 0.1) is 12.1 Å². The summed E-state index contributed by atoms with van der Waals surface area (Å²) in [4.78, 5) is 17.7. The third-order valence-electron chi connectivity index (χ3n) is 2.98. The zero-order chi connectivity index (χ0) is 13.3. The Morgan fingerprint density at radius 1 is 1.33 bits per heavy atom. The number of ketones is 1. The number of hydrogen-bond donors (Lipinski definition) is 1. The summed E-state index contributed by atoms with van der Waals surface area (Å²) in [5.41, 5.74) is 9.11. The van der Waals surface area contributed by atoms with E-state index in [-0.39, 0.29) is 5.78 Å². The summed E-state index contributed by atoms with van der Waals surface area (Å²) >= 11 is 1.59. The first-order chi connectivity index (χ1) is 8.47. The van der Waals surface area contributed by atoms with Gasteiger partial charge in [-0.1, -0.05) is 0 Å². The van der Waals surface area contributed by atoms with Crippen LogP contribution in [0.5, 0.6) is 0 Å². The van der Waals surface area contributed by atoms with E-state index in [0.717, 1.165) is 16.3 Å². The van der Waals surface area contributed by atoms with Crippen molar-refractivity contribution in [2.24, 2.45) is 0 Å². The minimum absolute atomic E-state index is 0.0897. The van der Waals surface area contributed by atoms with E-state index >= 15 is 0 Å². The topological polar surface area (TPSA) is 56.0 Å². The molecule has 0 atom stereocenters. The highest BCUT2D eigenvalue weighted by Crippen LogP contribution is 2.19. The van der Waals surface area contributed by atoms with Gasteiger partial charge in [0, 0.05) is 16.1 Å². The summed E-state index contributed by atoms with van der Waals surface area (Å²) in [6.45, 7) is 5.89. The Morgan fingerprint density at radius 3 is 2.61 bits per heavy atom. The molecular weight excluding hydrogens is 244 g/mol. The van der Waals surface area contributed by atoms with Crippen molar-refractivity contribution in [1.29, 1.82) is 0 Å². The number of benzene rings is 1. The quantitative estimate of drug-likeness (QED) is 0.681. The van der Waals surface area contributed by atoms with E-state index in [1.807, 2.05) is 26.8 Å². The normalized spacial score (nSPS) is 10.6. The number of nitrogens with two attached hydrogens (primary N) is 1. The van der Waals surface area contributed by atoms with Crippen LogP contribution in [-0.4, -0.2) is 10.8 Å². The van der Waals surface area contributed by atoms with Crippen LogP contribution in [0.3, 0.4) is 0 Å². The molecule has 1 aromatic carbocycles. The average molecular weight is 260 g/mol. The SMILES string of the molecule is Cc1cc(C(=O)Cc2nc(C)c(C)s2)ccc1N. The van der Waals surface area contributed by atoms with Crippen molar-refractivity contribution >= 4 is 22.8 Å². The van der Waals surface area contributed by atoms with Crippen molar-refractivity contribution < 1.29 is 4.79 Å². The number of thiazole rings is 1. The second-order valence-corrected chi connectivity index (χ2v) is 5.71. The van der Waals surface area contributed by atoms with Gasteiger partial charge in [0.1, 0.15) is 5.01 Å². The second kappa shape index (κ2) is 4.90. The molecule has 2 aromatic rings. The molecule has 0 aliphatic heterocycles. The Bertz CT molecular complexity index is 582. The fraction of sp³-hybridized carbons (Fsp3) is 0.286. The first kappa shape index (κ1) is 12.8. The summed E-state index contributed by atoms with van der Waals surface area (Å²) < 4.78 is 0. The highest BCUT2D eigenvalue weighted by Gasteiger charge is 2.11. The van der Waals surface area contributed by atoms with Gasteiger partial charge >= 0.3 is 0 Å². The molecule has 0 aliphatic rings. The Hall–Kier alpha value is -1.68. The number of carbonyl (C=O) groups excluding carboxylic acids is 1. The third kappa shape index (κ3) is 2.59. The molecule has 1 heterocycles. The number of nitrogens with zero attached hydrogens (tertiary/aromatic N) is 1. The van der Waals surface area contributed by atoms with E-state index in [1.54, 1.807) is 23.5 Å². The number of aryl methyl sites for hydroxylation is 3. The van der Waals surface area contributed by atoms with Gasteiger partial charge in [-0.15, -0.1) is 11.3 Å². The fourth-order valence-electron chi connectivity index (χ4n) is 1.70. The van der Waals surface area contributed by atoms with Gasteiger partial charge in [-0.3, -0.25) is 4.79 Å². The van der Waals surface area contributed by atoms with E-state index in [9.17, 15) is 4.79 Å². The Morgan fingerprint density at radius 2 is 2.06 bits per heavy atom. The van der Waals surface area contributed by atoms with Crippen molar-refractivity contribution in [3.8, 4) is 0 Å². The van der Waals surface area contributed by atoms with Crippen LogP contribution >= 0.6 is 11.3 Å². The van der Waals surface area contributed by atoms with E-state index in [2.05, 4.69) is 4.98 Å². The van der Waals surface area contributed by atoms with Gasteiger partial charge in [-0.2, -0.15) is 0 Å². The van der Waals surface area contributed by atoms with Crippen LogP contribution in [0.4, 0.5) is 5.69 Å². The molecule has 0 fully saturated rings. The molecule has 0 bridgehead atoms. The zero-order valence-corrected chi connectivity index (χ0v) is 11.6. The zero-order valence-electron chi connectivity index (χ0n) is 10.8. The summed E-state index contributed by atoms with van der Waals surface area (Å²) in [6.07, 6.45) is 0.364. The molecule has 0 radical (unpaired) electrons. The van der Waals surface area contributed by atoms with Gasteiger partial charge in [0.2, 0.25) is 0 Å². The molecule has 2 rings (SSSR count). The van der Waals surface area contributed by atoms with E-state index in [4.69, 9.17) is 5.73 Å². The molecule has 1 aromatic heterocycles. The van der Waals surface area contributed by atoms with Crippen LogP contribution in [0.15, 0.2) is 18.2 Å². The summed E-state index contributed by atoms with van der Waals surface area (Å²) in [7, 11) is 0. The smallest absolute Gasteiger partial charge is 0.169 e. The van der Waals surface area contributed by atoms with Crippen LogP contribution in [-0.2, 0) is 6.42 Å². The van der Waals surface area contributed by atoms with Crippen LogP contribution in [0.1, 0.15) is 31.5 Å². The second-order valence-electron chi connectivity index (χ2n) is 4.42. The maximum absolute atomic E-state index is 12.1. The number of carbonyl (C=O) groups is 1. The number of anilines is 1. The van der Waals surface area contributed by atoms with Crippen LogP contribution in [0, 0.1) is 20.8 Å². The summed E-state index contributed by atoms with van der Waals surface area (Å²) in [6, 6.07) is 5.39. The molecule has 0 aliphatic carbocycles. The average Bonchev–Trinajstić information content (AvgIpc) is 2.61. The number of rotatable bonds is 3. The molecule has 0 amide bonds. The Kier molecular flexibility index (Phi) is 3.48. The predicted molar refractivity (Wildman–Crippen MR) is 75.2 cm³/mol. The summed E-state index contributed by atoms with van der Waals surface area (Å²) in [5, 5.41) is 0.879. The number of nitrogen functional groups attached to an aromatic ring is 1. The molecule has 18 heavy (non-hydrogen) atoms. The van der Waals surface area contributed by atoms with Crippen molar-refractivity contribution in [2.75, 3.05) is 5.73 Å². The monoisotopic (exact) mass is 260 g/mol. The molecule has 3 nitrogen and oxygen atoms in total. The van der Waals surface area contributed by atoms with Gasteiger partial charge < -0.3 is 5.73 Å². The first-order valence-corrected chi connectivity index (χ1v) is 6.61. The number of hydrogen-bond acceptors (Lipinski definition) is 4. The fourth-order valence-corrected chi connectivity index (χ4v) is 2.64.